The molecule has 49 heavy (non-hydrogen) atoms. The number of ether oxygens (including phenoxy) is 1. The van der Waals surface area contributed by atoms with Gasteiger partial charge in [0.15, 0.2) is 0 Å². The number of rotatable bonds is 8. The number of aryl methyl sites for hydroxylation is 2. The number of likely N-dealkylation sites (N-methyl/N-ethyl adjacent to an activating group) is 1. The Morgan fingerprint density at radius 3 is 2.18 bits per heavy atom. The van der Waals surface area contributed by atoms with Crippen LogP contribution >= 0.6 is 10.0 Å². The first kappa shape index (κ1) is 37.5. The van der Waals surface area contributed by atoms with Gasteiger partial charge in [-0.25, -0.2) is 14.8 Å². The summed E-state index contributed by atoms with van der Waals surface area (Å²) in [5, 5.41) is 7.80. The second-order valence-corrected chi connectivity index (χ2v) is 18.9. The molecule has 9 nitrogen and oxygen atoms in total. The highest BCUT2D eigenvalue weighted by atomic mass is 32.3. The maximum absolute atomic E-state index is 13.5. The van der Waals surface area contributed by atoms with Gasteiger partial charge in [0.1, 0.15) is 28.8 Å². The first-order valence-corrected chi connectivity index (χ1v) is 18.7. The molecule has 4 heterocycles. The summed E-state index contributed by atoms with van der Waals surface area (Å²) in [7, 11) is 0.137. The highest BCUT2D eigenvalue weighted by Crippen LogP contribution is 2.59. The molecule has 0 radical (unpaired) electrons. The number of nitrogens with one attached hydrogen (secondary N) is 1. The Morgan fingerprint density at radius 2 is 1.59 bits per heavy atom. The van der Waals surface area contributed by atoms with E-state index in [1.54, 1.807) is 47.0 Å². The van der Waals surface area contributed by atoms with Crippen LogP contribution in [0, 0.1) is 25.0 Å². The number of carbonyl (C=O) groups excluding carboxylic acids is 2. The third kappa shape index (κ3) is 7.94. The van der Waals surface area contributed by atoms with Crippen LogP contribution in [0.4, 0.5) is 10.6 Å². The summed E-state index contributed by atoms with van der Waals surface area (Å²) in [6.45, 7) is 24.6. The van der Waals surface area contributed by atoms with Crippen LogP contribution in [-0.2, 0) is 9.53 Å². The fourth-order valence-corrected chi connectivity index (χ4v) is 10.4. The SMILES string of the molecule is Cc1ccn2c(-c3ccc(NC(=O)C(C)N(C)C(=O)OC(C)(C)C)nc3C#CS(C(C)C)(C(C)C)C(C)C)c(-c3cccnc3C)nc2c1. The van der Waals surface area contributed by atoms with E-state index in [4.69, 9.17) is 14.7 Å². The summed E-state index contributed by atoms with van der Waals surface area (Å²) in [5.41, 5.74) is 5.95. The van der Waals surface area contributed by atoms with Gasteiger partial charge in [-0.05, 0) is 110 Å². The molecule has 4 rings (SSSR count). The van der Waals surface area contributed by atoms with Crippen molar-refractivity contribution in [1.82, 2.24) is 24.3 Å². The molecule has 0 spiro atoms. The third-order valence-corrected chi connectivity index (χ3v) is 13.9. The molecule has 0 saturated heterocycles. The number of imidazole rings is 1. The van der Waals surface area contributed by atoms with Crippen molar-refractivity contribution in [3.05, 3.63) is 65.7 Å². The first-order chi connectivity index (χ1) is 22.9. The van der Waals surface area contributed by atoms with Crippen molar-refractivity contribution in [1.29, 1.82) is 0 Å². The minimum Gasteiger partial charge on any atom is -0.444 e. The van der Waals surface area contributed by atoms with Crippen molar-refractivity contribution < 1.29 is 14.3 Å². The predicted molar refractivity (Wildman–Crippen MR) is 203 cm³/mol. The van der Waals surface area contributed by atoms with Crippen molar-refractivity contribution >= 4 is 33.5 Å². The Balaban J connectivity index is 1.93. The molecule has 0 aliphatic carbocycles. The van der Waals surface area contributed by atoms with Gasteiger partial charge in [-0.15, -0.1) is 0 Å². The lowest BCUT2D eigenvalue weighted by Gasteiger charge is -2.46. The van der Waals surface area contributed by atoms with Crippen LogP contribution in [0.25, 0.3) is 28.2 Å². The van der Waals surface area contributed by atoms with Crippen LogP contribution in [0.15, 0.2) is 48.8 Å². The number of aromatic nitrogens is 4. The van der Waals surface area contributed by atoms with E-state index in [1.165, 1.54) is 4.90 Å². The zero-order chi connectivity index (χ0) is 36.4. The number of amides is 2. The molecule has 0 aliphatic rings. The number of anilines is 1. The molecular formula is C39H52N6O3S. The quantitative estimate of drug-likeness (QED) is 0.187. The van der Waals surface area contributed by atoms with E-state index in [9.17, 15) is 9.59 Å². The van der Waals surface area contributed by atoms with Crippen molar-refractivity contribution in [3.8, 4) is 33.7 Å². The zero-order valence-corrected chi connectivity index (χ0v) is 32.1. The fourth-order valence-electron chi connectivity index (χ4n) is 6.16. The number of hydrogen-bond acceptors (Lipinski definition) is 6. The van der Waals surface area contributed by atoms with Gasteiger partial charge >= 0.3 is 6.09 Å². The van der Waals surface area contributed by atoms with Crippen LogP contribution in [0.1, 0.15) is 86.2 Å². The van der Waals surface area contributed by atoms with E-state index in [0.29, 0.717) is 27.3 Å². The molecule has 0 saturated carbocycles. The van der Waals surface area contributed by atoms with Crippen LogP contribution < -0.4 is 5.32 Å². The number of carbonyl (C=O) groups is 2. The topological polar surface area (TPSA) is 102 Å². The fraction of sp³-hybridized carbons (Fsp3) is 0.462. The number of nitrogens with zero attached hydrogens (tertiary/aromatic N) is 5. The Morgan fingerprint density at radius 1 is 0.939 bits per heavy atom. The second kappa shape index (κ2) is 14.6. The van der Waals surface area contributed by atoms with Gasteiger partial charge in [-0.2, -0.15) is 10.0 Å². The summed E-state index contributed by atoms with van der Waals surface area (Å²) >= 11 is 0. The summed E-state index contributed by atoms with van der Waals surface area (Å²) < 4.78 is 7.55. The van der Waals surface area contributed by atoms with Gasteiger partial charge in [-0.1, -0.05) is 41.5 Å². The number of pyridine rings is 3. The van der Waals surface area contributed by atoms with Gasteiger partial charge in [-0.3, -0.25) is 19.1 Å². The lowest BCUT2D eigenvalue weighted by molar-refractivity contribution is -0.120. The van der Waals surface area contributed by atoms with Crippen LogP contribution in [0.3, 0.4) is 0 Å². The molecule has 1 unspecified atom stereocenters. The molecule has 2 amide bonds. The van der Waals surface area contributed by atoms with E-state index >= 15 is 0 Å². The summed E-state index contributed by atoms with van der Waals surface area (Å²) in [5.74, 6) is 3.49. The third-order valence-electron chi connectivity index (χ3n) is 8.77. The van der Waals surface area contributed by atoms with Crippen LogP contribution in [0.5, 0.6) is 0 Å². The summed E-state index contributed by atoms with van der Waals surface area (Å²) in [6, 6.07) is 11.0. The highest BCUT2D eigenvalue weighted by Gasteiger charge is 2.33. The Kier molecular flexibility index (Phi) is 11.2. The lowest BCUT2D eigenvalue weighted by Crippen LogP contribution is -2.45. The van der Waals surface area contributed by atoms with E-state index in [0.717, 1.165) is 39.4 Å². The molecule has 10 heteroatoms. The van der Waals surface area contributed by atoms with E-state index in [1.807, 2.05) is 38.2 Å². The standard InChI is InChI=1S/C39H52N6O3S/c1-24(2)49(25(3)4,26(5)6)22-19-32-31(16-17-33(41-32)42-37(46)29(9)44(13)38(47)48-39(10,11)12)36-35(30-15-14-20-40-28(30)8)43-34-23-27(7)18-21-45(34)36/h14-18,20-21,23-26,29H,1-13H3,(H,41,42,46). The van der Waals surface area contributed by atoms with Crippen molar-refractivity contribution in [2.24, 2.45) is 0 Å². The van der Waals surface area contributed by atoms with Crippen molar-refractivity contribution in [2.75, 3.05) is 12.4 Å². The molecule has 0 aromatic carbocycles. The Labute approximate surface area is 293 Å². The minimum absolute atomic E-state index is 0.338. The smallest absolute Gasteiger partial charge is 0.410 e. The van der Waals surface area contributed by atoms with Crippen LogP contribution in [0.2, 0.25) is 0 Å². The van der Waals surface area contributed by atoms with Gasteiger partial charge < -0.3 is 10.1 Å². The largest absolute Gasteiger partial charge is 0.444 e. The normalized spacial score (nSPS) is 13.0. The van der Waals surface area contributed by atoms with Crippen LogP contribution in [-0.4, -0.2) is 70.7 Å². The first-order valence-electron chi connectivity index (χ1n) is 16.9. The predicted octanol–water partition coefficient (Wildman–Crippen LogP) is 8.61. The van der Waals surface area contributed by atoms with E-state index < -0.39 is 33.7 Å². The average Bonchev–Trinajstić information content (AvgIpc) is 3.37. The van der Waals surface area contributed by atoms with E-state index in [-0.39, 0.29) is 0 Å². The van der Waals surface area contributed by atoms with Gasteiger partial charge in [0.2, 0.25) is 5.91 Å². The molecule has 0 bridgehead atoms. The summed E-state index contributed by atoms with van der Waals surface area (Å²) in [6.07, 6.45) is 3.22. The molecule has 1 atom stereocenters. The van der Waals surface area contributed by atoms with Gasteiger partial charge in [0.25, 0.3) is 0 Å². The molecule has 4 aromatic heterocycles. The molecular weight excluding hydrogens is 633 g/mol. The van der Waals surface area contributed by atoms with Gasteiger partial charge in [0, 0.05) is 36.3 Å². The molecule has 1 N–H and O–H groups in total. The average molecular weight is 685 g/mol. The Bertz CT molecular complexity index is 1890. The molecule has 4 aromatic rings. The molecule has 0 aliphatic heterocycles. The molecule has 262 valence electrons. The molecule has 0 fully saturated rings. The zero-order valence-electron chi connectivity index (χ0n) is 31.3. The minimum atomic E-state index is -1.41. The number of fused-ring (bicyclic) bond motifs is 1. The second-order valence-electron chi connectivity index (χ2n) is 14.4. The lowest BCUT2D eigenvalue weighted by atomic mass is 10.0. The van der Waals surface area contributed by atoms with E-state index in [2.05, 4.69) is 79.5 Å². The maximum Gasteiger partial charge on any atom is 0.410 e. The van der Waals surface area contributed by atoms with Gasteiger partial charge in [0.05, 0.1) is 11.4 Å². The highest BCUT2D eigenvalue weighted by molar-refractivity contribution is 8.38. The maximum atomic E-state index is 13.5. The Hall–Kier alpha value is -4.36. The van der Waals surface area contributed by atoms with Crippen molar-refractivity contribution in [2.45, 2.75) is 110 Å². The summed E-state index contributed by atoms with van der Waals surface area (Å²) in [4.78, 5) is 42.1. The van der Waals surface area contributed by atoms with Crippen molar-refractivity contribution in [3.63, 3.8) is 0 Å². The monoisotopic (exact) mass is 684 g/mol. The number of hydrogen-bond donors (Lipinski definition) is 1.